The number of hydrogen-bond donors (Lipinski definition) is 1. The maximum atomic E-state index is 6.00. The molecule has 1 aliphatic rings. The summed E-state index contributed by atoms with van der Waals surface area (Å²) >= 11 is 0. The Balaban J connectivity index is 1.99. The van der Waals surface area contributed by atoms with Gasteiger partial charge in [-0.15, -0.1) is 0 Å². The van der Waals surface area contributed by atoms with E-state index in [2.05, 4.69) is 16.9 Å². The van der Waals surface area contributed by atoms with Crippen molar-refractivity contribution in [2.45, 2.75) is 58.7 Å². The molecule has 1 fully saturated rings. The monoisotopic (exact) mass is 279 g/mol. The minimum atomic E-state index is 0.253. The third-order valence-electron chi connectivity index (χ3n) is 3.80. The molecule has 0 aromatic carbocycles. The number of hydrogen-bond acceptors (Lipinski definition) is 5. The lowest BCUT2D eigenvalue weighted by Crippen LogP contribution is -2.25. The van der Waals surface area contributed by atoms with Gasteiger partial charge in [0, 0.05) is 12.7 Å². The van der Waals surface area contributed by atoms with Gasteiger partial charge in [0.25, 0.3) is 0 Å². The van der Waals surface area contributed by atoms with Crippen LogP contribution in [0.5, 0.6) is 5.88 Å². The van der Waals surface area contributed by atoms with Crippen LogP contribution < -0.4 is 10.5 Å². The topological polar surface area (TPSA) is 70.3 Å². The number of nitrogens with zero attached hydrogens (tertiary/aromatic N) is 2. The van der Waals surface area contributed by atoms with Crippen LogP contribution in [0.3, 0.4) is 0 Å². The van der Waals surface area contributed by atoms with Crippen molar-refractivity contribution in [3.8, 4) is 5.88 Å². The van der Waals surface area contributed by atoms with Crippen molar-refractivity contribution in [2.24, 2.45) is 5.92 Å². The van der Waals surface area contributed by atoms with E-state index in [9.17, 15) is 0 Å². The van der Waals surface area contributed by atoms with Crippen molar-refractivity contribution in [1.82, 2.24) is 9.97 Å². The number of anilines is 1. The van der Waals surface area contributed by atoms with E-state index in [1.165, 1.54) is 19.3 Å². The molecule has 20 heavy (non-hydrogen) atoms. The van der Waals surface area contributed by atoms with Crippen LogP contribution in [0.25, 0.3) is 0 Å². The lowest BCUT2D eigenvalue weighted by molar-refractivity contribution is 0.111. The number of nitrogen functional groups attached to an aromatic ring is 1. The lowest BCUT2D eigenvalue weighted by atomic mass is 9.85. The summed E-state index contributed by atoms with van der Waals surface area (Å²) in [6, 6.07) is 1.70. The molecule has 1 aliphatic carbocycles. The molecule has 0 bridgehead atoms. The van der Waals surface area contributed by atoms with Gasteiger partial charge < -0.3 is 15.2 Å². The third-order valence-corrected chi connectivity index (χ3v) is 3.80. The highest BCUT2D eigenvalue weighted by Gasteiger charge is 2.22. The second kappa shape index (κ2) is 7.43. The van der Waals surface area contributed by atoms with Gasteiger partial charge in [0.15, 0.2) is 5.82 Å². The summed E-state index contributed by atoms with van der Waals surface area (Å²) in [5.74, 6) is 2.38. The SMILES string of the molecule is CCOCc1nc(N)cc(OC2CCCC(CC)C2)n1. The zero-order valence-electron chi connectivity index (χ0n) is 12.5. The summed E-state index contributed by atoms with van der Waals surface area (Å²) in [4.78, 5) is 8.53. The summed E-state index contributed by atoms with van der Waals surface area (Å²) < 4.78 is 11.3. The van der Waals surface area contributed by atoms with Gasteiger partial charge in [-0.3, -0.25) is 0 Å². The molecule has 1 heterocycles. The summed E-state index contributed by atoms with van der Waals surface area (Å²) in [5, 5.41) is 0. The highest BCUT2D eigenvalue weighted by Crippen LogP contribution is 2.29. The highest BCUT2D eigenvalue weighted by atomic mass is 16.5. The fourth-order valence-electron chi connectivity index (χ4n) is 2.70. The van der Waals surface area contributed by atoms with Crippen molar-refractivity contribution in [1.29, 1.82) is 0 Å². The molecule has 5 heteroatoms. The first-order valence-electron chi connectivity index (χ1n) is 7.59. The molecular formula is C15H25N3O2. The molecular weight excluding hydrogens is 254 g/mol. The van der Waals surface area contributed by atoms with Crippen LogP contribution in [0.15, 0.2) is 6.07 Å². The van der Waals surface area contributed by atoms with E-state index in [1.54, 1.807) is 6.07 Å². The van der Waals surface area contributed by atoms with Crippen LogP contribution in [0.2, 0.25) is 0 Å². The molecule has 0 saturated heterocycles. The zero-order chi connectivity index (χ0) is 14.4. The molecule has 2 rings (SSSR count). The first kappa shape index (κ1) is 15.0. The van der Waals surface area contributed by atoms with Crippen LogP contribution in [0, 0.1) is 5.92 Å². The Morgan fingerprint density at radius 3 is 2.90 bits per heavy atom. The first-order chi connectivity index (χ1) is 9.71. The zero-order valence-corrected chi connectivity index (χ0v) is 12.5. The van der Waals surface area contributed by atoms with Gasteiger partial charge in [0.05, 0.1) is 0 Å². The Bertz CT molecular complexity index is 426. The van der Waals surface area contributed by atoms with E-state index in [4.69, 9.17) is 15.2 Å². The van der Waals surface area contributed by atoms with Gasteiger partial charge in [-0.25, -0.2) is 4.98 Å². The molecule has 2 atom stereocenters. The van der Waals surface area contributed by atoms with Crippen LogP contribution in [-0.4, -0.2) is 22.7 Å². The van der Waals surface area contributed by atoms with Gasteiger partial charge in [-0.05, 0) is 32.1 Å². The standard InChI is InChI=1S/C15H25N3O2/c1-3-11-6-5-7-12(8-11)20-15-9-13(16)17-14(18-15)10-19-4-2/h9,11-12H,3-8,10H2,1-2H3,(H2,16,17,18). The van der Waals surface area contributed by atoms with Crippen LogP contribution in [0.1, 0.15) is 51.8 Å². The fraction of sp³-hybridized carbons (Fsp3) is 0.733. The molecule has 1 aromatic rings. The molecule has 2 unspecified atom stereocenters. The fourth-order valence-corrected chi connectivity index (χ4v) is 2.70. The number of aromatic nitrogens is 2. The Morgan fingerprint density at radius 2 is 2.15 bits per heavy atom. The van der Waals surface area contributed by atoms with Gasteiger partial charge >= 0.3 is 0 Å². The second-order valence-corrected chi connectivity index (χ2v) is 5.37. The van der Waals surface area contributed by atoms with E-state index in [1.807, 2.05) is 6.92 Å². The third kappa shape index (κ3) is 4.34. The minimum absolute atomic E-state index is 0.253. The molecule has 112 valence electrons. The molecule has 1 saturated carbocycles. The largest absolute Gasteiger partial charge is 0.474 e. The summed E-state index contributed by atoms with van der Waals surface area (Å²) in [6.45, 7) is 5.20. The van der Waals surface area contributed by atoms with E-state index in [0.29, 0.717) is 30.7 Å². The van der Waals surface area contributed by atoms with Gasteiger partial charge in [0.2, 0.25) is 5.88 Å². The lowest BCUT2D eigenvalue weighted by Gasteiger charge is -2.28. The number of ether oxygens (including phenoxy) is 2. The van der Waals surface area contributed by atoms with Crippen molar-refractivity contribution < 1.29 is 9.47 Å². The average molecular weight is 279 g/mol. The molecule has 0 radical (unpaired) electrons. The van der Waals surface area contributed by atoms with Crippen LogP contribution >= 0.6 is 0 Å². The number of nitrogens with two attached hydrogens (primary N) is 1. The van der Waals surface area contributed by atoms with Crippen molar-refractivity contribution >= 4 is 5.82 Å². The molecule has 2 N–H and O–H groups in total. The molecule has 0 amide bonds. The summed E-state index contributed by atoms with van der Waals surface area (Å²) in [6.07, 6.45) is 6.24. The molecule has 0 spiro atoms. The molecule has 5 nitrogen and oxygen atoms in total. The Morgan fingerprint density at radius 1 is 1.30 bits per heavy atom. The number of rotatable bonds is 6. The van der Waals surface area contributed by atoms with E-state index >= 15 is 0 Å². The Hall–Kier alpha value is -1.36. The van der Waals surface area contributed by atoms with Gasteiger partial charge in [-0.2, -0.15) is 4.98 Å². The van der Waals surface area contributed by atoms with Crippen LogP contribution in [-0.2, 0) is 11.3 Å². The van der Waals surface area contributed by atoms with E-state index in [0.717, 1.165) is 18.8 Å². The predicted molar refractivity (Wildman–Crippen MR) is 78.4 cm³/mol. The van der Waals surface area contributed by atoms with E-state index < -0.39 is 0 Å². The van der Waals surface area contributed by atoms with Crippen LogP contribution in [0.4, 0.5) is 5.82 Å². The predicted octanol–water partition coefficient (Wildman–Crippen LogP) is 2.94. The Labute approximate surface area is 120 Å². The maximum Gasteiger partial charge on any atom is 0.219 e. The highest BCUT2D eigenvalue weighted by molar-refractivity contribution is 5.32. The average Bonchev–Trinajstić information content (AvgIpc) is 2.44. The van der Waals surface area contributed by atoms with Crippen molar-refractivity contribution in [2.75, 3.05) is 12.3 Å². The normalized spacial score (nSPS) is 22.7. The van der Waals surface area contributed by atoms with E-state index in [-0.39, 0.29) is 6.10 Å². The summed E-state index contributed by atoms with van der Waals surface area (Å²) in [5.41, 5.74) is 5.80. The maximum absolute atomic E-state index is 6.00. The van der Waals surface area contributed by atoms with Gasteiger partial charge in [-0.1, -0.05) is 19.8 Å². The van der Waals surface area contributed by atoms with Crippen molar-refractivity contribution in [3.05, 3.63) is 11.9 Å². The summed E-state index contributed by atoms with van der Waals surface area (Å²) in [7, 11) is 0. The minimum Gasteiger partial charge on any atom is -0.474 e. The molecule has 0 aliphatic heterocycles. The van der Waals surface area contributed by atoms with Crippen molar-refractivity contribution in [3.63, 3.8) is 0 Å². The van der Waals surface area contributed by atoms with Gasteiger partial charge in [0.1, 0.15) is 18.5 Å². The smallest absolute Gasteiger partial charge is 0.219 e. The second-order valence-electron chi connectivity index (χ2n) is 5.37. The quantitative estimate of drug-likeness (QED) is 0.867. The first-order valence-corrected chi connectivity index (χ1v) is 7.59. The molecule has 1 aromatic heterocycles. The Kier molecular flexibility index (Phi) is 5.59.